The predicted molar refractivity (Wildman–Crippen MR) is 58.5 cm³/mol. The van der Waals surface area contributed by atoms with Gasteiger partial charge in [-0.05, 0) is 5.92 Å². The van der Waals surface area contributed by atoms with Gasteiger partial charge in [0.2, 0.25) is 0 Å². The molecule has 1 heterocycles. The molecule has 2 N–H and O–H groups in total. The zero-order chi connectivity index (χ0) is 14.3. The highest BCUT2D eigenvalue weighted by Gasteiger charge is 2.28. The Bertz CT molecular complexity index is 331. The summed E-state index contributed by atoms with van der Waals surface area (Å²) in [5.74, 6) is -3.20. The van der Waals surface area contributed by atoms with Gasteiger partial charge in [0.15, 0.2) is 0 Å². The van der Waals surface area contributed by atoms with E-state index in [-0.39, 0.29) is 31.1 Å². The molecule has 0 bridgehead atoms. The van der Waals surface area contributed by atoms with Crippen molar-refractivity contribution in [2.75, 3.05) is 0 Å². The first-order chi connectivity index (χ1) is 8.22. The van der Waals surface area contributed by atoms with Gasteiger partial charge in [0.1, 0.15) is 0 Å². The smallest absolute Gasteiger partial charge is 0.316 e. The van der Waals surface area contributed by atoms with Crippen molar-refractivity contribution in [3.8, 4) is 0 Å². The number of carboxylic acids is 2. The summed E-state index contributed by atoms with van der Waals surface area (Å²) in [6.45, 7) is 3.27. The molecule has 18 heavy (non-hydrogen) atoms. The van der Waals surface area contributed by atoms with Crippen molar-refractivity contribution in [3.05, 3.63) is 0 Å². The van der Waals surface area contributed by atoms with E-state index in [4.69, 9.17) is 10.2 Å². The van der Waals surface area contributed by atoms with Gasteiger partial charge in [-0.2, -0.15) is 0 Å². The van der Waals surface area contributed by atoms with E-state index in [0.717, 1.165) is 0 Å². The van der Waals surface area contributed by atoms with Gasteiger partial charge in [0, 0.05) is 12.8 Å². The van der Waals surface area contributed by atoms with Crippen LogP contribution in [0.25, 0.3) is 0 Å². The second-order valence-corrected chi connectivity index (χ2v) is 4.20. The lowest BCUT2D eigenvalue weighted by atomic mass is 10.1. The molecule has 0 radical (unpaired) electrons. The lowest BCUT2D eigenvalue weighted by Gasteiger charge is -2.02. The average molecular weight is 260 g/mol. The third-order valence-electron chi connectivity index (χ3n) is 2.14. The van der Waals surface area contributed by atoms with Crippen molar-refractivity contribution in [2.45, 2.75) is 33.1 Å². The van der Waals surface area contributed by atoms with E-state index < -0.39 is 23.9 Å². The van der Waals surface area contributed by atoms with Crippen molar-refractivity contribution in [1.29, 1.82) is 0 Å². The fourth-order valence-electron chi connectivity index (χ4n) is 1.26. The normalized spacial score (nSPS) is 18.1. The van der Waals surface area contributed by atoms with Crippen molar-refractivity contribution < 1.29 is 34.1 Å². The summed E-state index contributed by atoms with van der Waals surface area (Å²) in [5.41, 5.74) is 0. The molecule has 0 aromatic heterocycles. The minimum Gasteiger partial charge on any atom is -0.481 e. The molecule has 7 nitrogen and oxygen atoms in total. The first kappa shape index (κ1) is 16.1. The largest absolute Gasteiger partial charge is 0.481 e. The Hall–Kier alpha value is -1.92. The summed E-state index contributed by atoms with van der Waals surface area (Å²) >= 11 is 0. The third-order valence-corrected chi connectivity index (χ3v) is 2.14. The number of carbonyl (C=O) groups excluding carboxylic acids is 2. The van der Waals surface area contributed by atoms with E-state index in [1.807, 2.05) is 0 Å². The highest BCUT2D eigenvalue weighted by atomic mass is 16.6. The second kappa shape index (κ2) is 7.41. The molecule has 0 spiro atoms. The second-order valence-electron chi connectivity index (χ2n) is 4.20. The molecule has 1 fully saturated rings. The molecule has 1 aliphatic heterocycles. The molecule has 0 saturated carbocycles. The summed E-state index contributed by atoms with van der Waals surface area (Å²) < 4.78 is 4.20. The lowest BCUT2D eigenvalue weighted by Crippen LogP contribution is -2.08. The van der Waals surface area contributed by atoms with E-state index >= 15 is 0 Å². The quantitative estimate of drug-likeness (QED) is 0.563. The standard InChI is InChI=1S/C6H10O4.C5H6O3/c1-4(2-5(7)8)3-6(9)10;1-3-2-4(6)8-5(3)7/h4H,2-3H2,1H3,(H,7,8)(H,9,10);3H,2H2,1H3. The van der Waals surface area contributed by atoms with Crippen molar-refractivity contribution in [1.82, 2.24) is 0 Å². The monoisotopic (exact) mass is 260 g/mol. The Morgan fingerprint density at radius 2 is 1.72 bits per heavy atom. The summed E-state index contributed by atoms with van der Waals surface area (Å²) in [6, 6.07) is 0. The Balaban J connectivity index is 0.000000327. The van der Waals surface area contributed by atoms with Gasteiger partial charge in [0.05, 0.1) is 12.3 Å². The summed E-state index contributed by atoms with van der Waals surface area (Å²) in [6.07, 6.45) is 0.0947. The van der Waals surface area contributed by atoms with Crippen LogP contribution in [0, 0.1) is 11.8 Å². The number of aliphatic carboxylic acids is 2. The van der Waals surface area contributed by atoms with Crippen molar-refractivity contribution in [3.63, 3.8) is 0 Å². The van der Waals surface area contributed by atoms with Crippen LogP contribution < -0.4 is 0 Å². The van der Waals surface area contributed by atoms with E-state index in [0.29, 0.717) is 0 Å². The highest BCUT2D eigenvalue weighted by molar-refractivity contribution is 5.94. The summed E-state index contributed by atoms with van der Waals surface area (Å²) in [7, 11) is 0. The van der Waals surface area contributed by atoms with Crippen LogP contribution in [0.3, 0.4) is 0 Å². The molecule has 1 rings (SSSR count). The molecular formula is C11H16O7. The number of hydrogen-bond acceptors (Lipinski definition) is 5. The minimum atomic E-state index is -0.950. The zero-order valence-corrected chi connectivity index (χ0v) is 10.2. The maximum atomic E-state index is 10.3. The van der Waals surface area contributed by atoms with Gasteiger partial charge in [-0.15, -0.1) is 0 Å². The first-order valence-electron chi connectivity index (χ1n) is 5.40. The van der Waals surface area contributed by atoms with Gasteiger partial charge < -0.3 is 14.9 Å². The van der Waals surface area contributed by atoms with E-state index in [9.17, 15) is 19.2 Å². The van der Waals surface area contributed by atoms with E-state index in [2.05, 4.69) is 4.74 Å². The van der Waals surface area contributed by atoms with Gasteiger partial charge >= 0.3 is 23.9 Å². The number of cyclic esters (lactones) is 2. The van der Waals surface area contributed by atoms with E-state index in [1.54, 1.807) is 13.8 Å². The fourth-order valence-corrected chi connectivity index (χ4v) is 1.26. The van der Waals surface area contributed by atoms with Crippen LogP contribution in [0.2, 0.25) is 0 Å². The van der Waals surface area contributed by atoms with Crippen LogP contribution in [0.4, 0.5) is 0 Å². The molecule has 0 aromatic rings. The van der Waals surface area contributed by atoms with Gasteiger partial charge in [-0.25, -0.2) is 0 Å². The fraction of sp³-hybridized carbons (Fsp3) is 0.636. The number of ether oxygens (including phenoxy) is 1. The maximum Gasteiger partial charge on any atom is 0.316 e. The topological polar surface area (TPSA) is 118 Å². The van der Waals surface area contributed by atoms with E-state index in [1.165, 1.54) is 0 Å². The molecule has 1 atom stereocenters. The molecule has 1 unspecified atom stereocenters. The minimum absolute atomic E-state index is 0.0771. The van der Waals surface area contributed by atoms with Crippen molar-refractivity contribution >= 4 is 23.9 Å². The molecule has 0 amide bonds. The van der Waals surface area contributed by atoms with Crippen LogP contribution in [-0.2, 0) is 23.9 Å². The van der Waals surface area contributed by atoms with Crippen LogP contribution in [0.1, 0.15) is 33.1 Å². The zero-order valence-electron chi connectivity index (χ0n) is 10.2. The number of hydrogen-bond donors (Lipinski definition) is 2. The Kier molecular flexibility index (Phi) is 6.62. The molecule has 0 aliphatic carbocycles. The molecule has 1 aliphatic rings. The van der Waals surface area contributed by atoms with Gasteiger partial charge in [-0.1, -0.05) is 13.8 Å². The van der Waals surface area contributed by atoms with Gasteiger partial charge in [-0.3, -0.25) is 19.2 Å². The molecule has 0 aromatic carbocycles. The summed E-state index contributed by atoms with van der Waals surface area (Å²) in [5, 5.41) is 16.4. The van der Waals surface area contributed by atoms with Crippen LogP contribution in [0.5, 0.6) is 0 Å². The average Bonchev–Trinajstić information content (AvgIpc) is 2.41. The lowest BCUT2D eigenvalue weighted by molar-refractivity contribution is -0.153. The van der Waals surface area contributed by atoms with Crippen LogP contribution in [0.15, 0.2) is 0 Å². The third kappa shape index (κ3) is 7.37. The van der Waals surface area contributed by atoms with Crippen molar-refractivity contribution in [2.24, 2.45) is 11.8 Å². The Labute approximate surface area is 104 Å². The van der Waals surface area contributed by atoms with Gasteiger partial charge in [0.25, 0.3) is 0 Å². The first-order valence-corrected chi connectivity index (χ1v) is 5.40. The number of carboxylic acid groups (broad SMARTS) is 2. The Morgan fingerprint density at radius 3 is 1.89 bits per heavy atom. The molecule has 7 heteroatoms. The number of carbonyl (C=O) groups is 4. The number of rotatable bonds is 4. The molecular weight excluding hydrogens is 244 g/mol. The highest BCUT2D eigenvalue weighted by Crippen LogP contribution is 2.13. The summed E-state index contributed by atoms with van der Waals surface area (Å²) in [4.78, 5) is 40.6. The Morgan fingerprint density at radius 1 is 1.28 bits per heavy atom. The van der Waals surface area contributed by atoms with Crippen LogP contribution in [-0.4, -0.2) is 34.1 Å². The van der Waals surface area contributed by atoms with Crippen LogP contribution >= 0.6 is 0 Å². The molecule has 102 valence electrons. The maximum absolute atomic E-state index is 10.3. The SMILES string of the molecule is CC(CC(=O)O)CC(=O)O.CC1CC(=O)OC1=O. The number of esters is 2. The predicted octanol–water partition coefficient (Wildman–Crippen LogP) is 0.668. The molecule has 1 saturated heterocycles.